The number of nitrogen functional groups attached to an aromatic ring is 1. The van der Waals surface area contributed by atoms with E-state index in [9.17, 15) is 18.5 Å². The molecule has 0 unspecified atom stereocenters. The summed E-state index contributed by atoms with van der Waals surface area (Å²) in [5, 5.41) is 11.2. The van der Waals surface area contributed by atoms with Gasteiger partial charge in [-0.3, -0.25) is 16.0 Å². The van der Waals surface area contributed by atoms with Crippen LogP contribution in [0.1, 0.15) is 27.2 Å². The lowest BCUT2D eigenvalue weighted by Crippen LogP contribution is -2.44. The van der Waals surface area contributed by atoms with Crippen LogP contribution in [0.2, 0.25) is 0 Å². The van der Waals surface area contributed by atoms with Gasteiger partial charge in [-0.1, -0.05) is 13.0 Å². The van der Waals surface area contributed by atoms with Crippen molar-refractivity contribution in [3.63, 3.8) is 0 Å². The van der Waals surface area contributed by atoms with E-state index in [1.165, 1.54) is 25.2 Å². The predicted molar refractivity (Wildman–Crippen MR) is 80.2 cm³/mol. The van der Waals surface area contributed by atoms with Crippen molar-refractivity contribution in [1.82, 2.24) is 4.31 Å². The van der Waals surface area contributed by atoms with Crippen LogP contribution in [0.25, 0.3) is 0 Å². The van der Waals surface area contributed by atoms with Crippen molar-refractivity contribution >= 4 is 21.4 Å². The molecule has 0 amide bonds. The van der Waals surface area contributed by atoms with Crippen molar-refractivity contribution in [2.24, 2.45) is 5.84 Å². The summed E-state index contributed by atoms with van der Waals surface area (Å²) in [6, 6.07) is 3.96. The van der Waals surface area contributed by atoms with E-state index < -0.39 is 26.2 Å². The number of benzene rings is 1. The number of nitrogens with two attached hydrogens (primary N) is 1. The average Bonchev–Trinajstić information content (AvgIpc) is 2.45. The number of hydrazine groups is 1. The number of rotatable bonds is 6. The van der Waals surface area contributed by atoms with Crippen LogP contribution in [0.15, 0.2) is 23.1 Å². The van der Waals surface area contributed by atoms with E-state index >= 15 is 0 Å². The molecule has 0 spiro atoms. The monoisotopic (exact) mass is 316 g/mol. The van der Waals surface area contributed by atoms with E-state index in [4.69, 9.17) is 5.84 Å². The van der Waals surface area contributed by atoms with Gasteiger partial charge in [-0.15, -0.1) is 0 Å². The Morgan fingerprint density at radius 2 is 2.00 bits per heavy atom. The van der Waals surface area contributed by atoms with E-state index in [0.717, 1.165) is 4.31 Å². The molecule has 0 bridgehead atoms. The van der Waals surface area contributed by atoms with Gasteiger partial charge in [0.15, 0.2) is 4.90 Å². The van der Waals surface area contributed by atoms with Crippen molar-refractivity contribution < 1.29 is 13.3 Å². The normalized spacial score (nSPS) is 12.5. The Hall–Kier alpha value is -1.71. The van der Waals surface area contributed by atoms with Gasteiger partial charge in [0.2, 0.25) is 10.0 Å². The summed E-state index contributed by atoms with van der Waals surface area (Å²) in [5.74, 6) is 5.23. The first-order valence-corrected chi connectivity index (χ1v) is 7.76. The van der Waals surface area contributed by atoms with Gasteiger partial charge in [0.25, 0.3) is 0 Å². The van der Waals surface area contributed by atoms with Gasteiger partial charge in [0.05, 0.1) is 4.92 Å². The van der Waals surface area contributed by atoms with Crippen molar-refractivity contribution in [2.45, 2.75) is 37.6 Å². The van der Waals surface area contributed by atoms with Gasteiger partial charge in [0.1, 0.15) is 5.69 Å². The molecule has 0 radical (unpaired) electrons. The molecule has 0 aliphatic rings. The molecule has 118 valence electrons. The molecule has 1 aromatic carbocycles. The summed E-state index contributed by atoms with van der Waals surface area (Å²) >= 11 is 0. The van der Waals surface area contributed by atoms with Crippen molar-refractivity contribution in [1.29, 1.82) is 0 Å². The minimum atomic E-state index is -4.02. The highest BCUT2D eigenvalue weighted by Gasteiger charge is 2.37. The zero-order valence-corrected chi connectivity index (χ0v) is 13.3. The van der Waals surface area contributed by atoms with Crippen LogP contribution in [0.4, 0.5) is 11.4 Å². The number of hydrogen-bond donors (Lipinski definition) is 2. The van der Waals surface area contributed by atoms with E-state index in [1.807, 2.05) is 6.92 Å². The first-order chi connectivity index (χ1) is 9.59. The summed E-state index contributed by atoms with van der Waals surface area (Å²) in [5.41, 5.74) is 0.880. The third-order valence-electron chi connectivity index (χ3n) is 3.69. The Balaban J connectivity index is 3.56. The molecule has 3 N–H and O–H groups in total. The highest BCUT2D eigenvalue weighted by atomic mass is 32.2. The molecule has 9 heteroatoms. The fourth-order valence-corrected chi connectivity index (χ4v) is 3.48. The SMILES string of the molecule is CCC(C)(C)N(C)S(=O)(=O)c1cccc(NN)c1[N+](=O)[O-]. The summed E-state index contributed by atoms with van der Waals surface area (Å²) in [7, 11) is -2.61. The molecule has 0 saturated carbocycles. The number of nitrogens with one attached hydrogen (secondary N) is 1. The summed E-state index contributed by atoms with van der Waals surface area (Å²) in [6.07, 6.45) is 0.561. The zero-order chi connectivity index (χ0) is 16.4. The largest absolute Gasteiger partial charge is 0.318 e. The number of nitro groups is 1. The number of nitro benzene ring substituents is 1. The van der Waals surface area contributed by atoms with Gasteiger partial charge < -0.3 is 5.43 Å². The topological polar surface area (TPSA) is 119 Å². The van der Waals surface area contributed by atoms with E-state index in [0.29, 0.717) is 6.42 Å². The van der Waals surface area contributed by atoms with E-state index in [2.05, 4.69) is 5.43 Å². The van der Waals surface area contributed by atoms with Crippen molar-refractivity contribution in [3.8, 4) is 0 Å². The molecule has 0 atom stereocenters. The summed E-state index contributed by atoms with van der Waals surface area (Å²) in [6.45, 7) is 5.35. The summed E-state index contributed by atoms with van der Waals surface area (Å²) in [4.78, 5) is 10.1. The highest BCUT2D eigenvalue weighted by Crippen LogP contribution is 2.35. The van der Waals surface area contributed by atoms with Gasteiger partial charge in [-0.25, -0.2) is 8.42 Å². The molecular weight excluding hydrogens is 296 g/mol. The molecule has 8 nitrogen and oxygen atoms in total. The van der Waals surface area contributed by atoms with Crippen LogP contribution < -0.4 is 11.3 Å². The number of hydrogen-bond acceptors (Lipinski definition) is 6. The lowest BCUT2D eigenvalue weighted by molar-refractivity contribution is -0.386. The Morgan fingerprint density at radius 3 is 2.43 bits per heavy atom. The van der Waals surface area contributed by atoms with Crippen molar-refractivity contribution in [2.75, 3.05) is 12.5 Å². The quantitative estimate of drug-likeness (QED) is 0.468. The molecule has 1 aromatic rings. The van der Waals surface area contributed by atoms with Crippen LogP contribution >= 0.6 is 0 Å². The Morgan fingerprint density at radius 1 is 1.43 bits per heavy atom. The summed E-state index contributed by atoms with van der Waals surface area (Å²) < 4.78 is 26.5. The molecule has 0 aromatic heterocycles. The van der Waals surface area contributed by atoms with Crippen LogP contribution in [0.3, 0.4) is 0 Å². The van der Waals surface area contributed by atoms with E-state index in [1.54, 1.807) is 13.8 Å². The maximum absolute atomic E-state index is 12.7. The van der Waals surface area contributed by atoms with Gasteiger partial charge in [0, 0.05) is 12.6 Å². The zero-order valence-electron chi connectivity index (χ0n) is 12.5. The smallest absolute Gasteiger partial charge is 0.313 e. The average molecular weight is 316 g/mol. The molecule has 0 aliphatic carbocycles. The minimum Gasteiger partial charge on any atom is -0.318 e. The number of para-hydroxylation sites is 1. The maximum Gasteiger partial charge on any atom is 0.313 e. The van der Waals surface area contributed by atoms with Gasteiger partial charge in [-0.05, 0) is 32.4 Å². The second-order valence-corrected chi connectivity index (χ2v) is 7.13. The lowest BCUT2D eigenvalue weighted by Gasteiger charge is -2.33. The van der Waals surface area contributed by atoms with Crippen LogP contribution in [0.5, 0.6) is 0 Å². The van der Waals surface area contributed by atoms with Crippen LogP contribution in [0, 0.1) is 10.1 Å². The third-order valence-corrected chi connectivity index (χ3v) is 5.79. The molecule has 21 heavy (non-hydrogen) atoms. The molecule has 1 rings (SSSR count). The minimum absolute atomic E-state index is 0.0521. The molecule has 0 heterocycles. The Labute approximate surface area is 124 Å². The van der Waals surface area contributed by atoms with Crippen LogP contribution in [-0.2, 0) is 10.0 Å². The Kier molecular flexibility index (Phi) is 4.92. The number of nitrogens with zero attached hydrogens (tertiary/aromatic N) is 2. The fourth-order valence-electron chi connectivity index (χ4n) is 1.73. The lowest BCUT2D eigenvalue weighted by atomic mass is 10.0. The highest BCUT2D eigenvalue weighted by molar-refractivity contribution is 7.89. The second-order valence-electron chi connectivity index (χ2n) is 5.19. The van der Waals surface area contributed by atoms with E-state index in [-0.39, 0.29) is 10.6 Å². The number of sulfonamides is 1. The third kappa shape index (κ3) is 3.14. The van der Waals surface area contributed by atoms with Crippen LogP contribution in [-0.4, -0.2) is 30.2 Å². The fraction of sp³-hybridized carbons (Fsp3) is 0.500. The molecule has 0 saturated heterocycles. The first kappa shape index (κ1) is 17.3. The first-order valence-electron chi connectivity index (χ1n) is 6.32. The van der Waals surface area contributed by atoms with Gasteiger partial charge >= 0.3 is 5.69 Å². The Bertz CT molecular complexity index is 643. The maximum atomic E-state index is 12.7. The van der Waals surface area contributed by atoms with Crippen molar-refractivity contribution in [3.05, 3.63) is 28.3 Å². The van der Waals surface area contributed by atoms with Gasteiger partial charge in [-0.2, -0.15) is 4.31 Å². The molecule has 0 aliphatic heterocycles. The predicted octanol–water partition coefficient (Wildman–Crippen LogP) is 1.69. The second kappa shape index (κ2) is 5.96. The molecular formula is C12H20N4O4S. The molecule has 0 fully saturated rings. The standard InChI is InChI=1S/C12H20N4O4S/c1-5-12(2,3)15(4)21(19,20)10-8-6-7-9(14-13)11(10)16(17)18/h6-8,14H,5,13H2,1-4H3. The number of anilines is 1.